The summed E-state index contributed by atoms with van der Waals surface area (Å²) in [6, 6.07) is 66.1. The molecule has 5 nitrogen and oxygen atoms in total. The number of nitrogens with zero attached hydrogens (tertiary/aromatic N) is 4. The summed E-state index contributed by atoms with van der Waals surface area (Å²) in [5.74, 6) is 5.23. The predicted molar refractivity (Wildman–Crippen MR) is 246 cm³/mol. The van der Waals surface area contributed by atoms with Crippen molar-refractivity contribution < 1.29 is 25.8 Å². The summed E-state index contributed by atoms with van der Waals surface area (Å²) >= 11 is 0. The zero-order valence-corrected chi connectivity index (χ0v) is 36.4. The SMILES string of the molecule is [Pt].[c-]1c(N2[CH-]N(c3ccccc3)c3ccccc32)cc2ccccc2c1Oc1[c-]c2c(cc1)c1ccccc1n2-c1cc(C2(c3ccccc3)C3CC4CC(C3)CC2C4)ccn1. The molecule has 0 unspecified atom stereocenters. The molecule has 14 rings (SSSR count). The molecule has 4 bridgehead atoms. The quantitative estimate of drug-likeness (QED) is 0.149. The van der Waals surface area contributed by atoms with Crippen LogP contribution in [0.25, 0.3) is 38.4 Å². The molecule has 4 fully saturated rings. The van der Waals surface area contributed by atoms with Crippen LogP contribution in [0.3, 0.4) is 0 Å². The van der Waals surface area contributed by atoms with E-state index >= 15 is 0 Å². The third kappa shape index (κ3) is 5.74. The molecule has 9 aromatic rings. The van der Waals surface area contributed by atoms with Crippen molar-refractivity contribution in [1.82, 2.24) is 9.55 Å². The Kier molecular flexibility index (Phi) is 8.94. The monoisotopic (exact) mass is 982 g/mol. The van der Waals surface area contributed by atoms with Crippen molar-refractivity contribution in [3.8, 4) is 17.3 Å². The fourth-order valence-electron chi connectivity index (χ4n) is 12.3. The van der Waals surface area contributed by atoms with E-state index in [4.69, 9.17) is 9.72 Å². The van der Waals surface area contributed by atoms with Gasteiger partial charge in [-0.15, -0.1) is 53.5 Å². The molecule has 1 aliphatic heterocycles. The Morgan fingerprint density at radius 1 is 0.581 bits per heavy atom. The van der Waals surface area contributed by atoms with E-state index in [0.717, 1.165) is 67.6 Å². The molecule has 4 saturated carbocycles. The van der Waals surface area contributed by atoms with E-state index in [1.54, 1.807) is 0 Å². The third-order valence-electron chi connectivity index (χ3n) is 14.6. The number of fused-ring (bicyclic) bond motifs is 5. The van der Waals surface area contributed by atoms with Gasteiger partial charge < -0.3 is 19.1 Å². The number of rotatable bonds is 7. The first-order chi connectivity index (χ1) is 30.2. The summed E-state index contributed by atoms with van der Waals surface area (Å²) in [5, 5.41) is 4.35. The number of anilines is 4. The van der Waals surface area contributed by atoms with Crippen LogP contribution in [-0.4, -0.2) is 9.55 Å². The van der Waals surface area contributed by atoms with Gasteiger partial charge in [0.1, 0.15) is 5.82 Å². The van der Waals surface area contributed by atoms with Crippen LogP contribution in [0.15, 0.2) is 170 Å². The van der Waals surface area contributed by atoms with E-state index in [-0.39, 0.29) is 26.5 Å². The van der Waals surface area contributed by atoms with Gasteiger partial charge in [0.05, 0.1) is 0 Å². The van der Waals surface area contributed by atoms with Gasteiger partial charge in [-0.25, -0.2) is 4.98 Å². The normalized spacial score (nSPS) is 22.3. The molecule has 2 aromatic heterocycles. The van der Waals surface area contributed by atoms with E-state index in [2.05, 4.69) is 197 Å². The van der Waals surface area contributed by atoms with Crippen molar-refractivity contribution in [1.29, 1.82) is 0 Å². The van der Waals surface area contributed by atoms with Gasteiger partial charge >= 0.3 is 0 Å². The van der Waals surface area contributed by atoms with E-state index in [1.165, 1.54) is 48.6 Å². The summed E-state index contributed by atoms with van der Waals surface area (Å²) in [7, 11) is 0. The van der Waals surface area contributed by atoms with Crippen LogP contribution >= 0.6 is 0 Å². The van der Waals surface area contributed by atoms with Crippen molar-refractivity contribution in [2.24, 2.45) is 23.7 Å². The molecule has 0 radical (unpaired) electrons. The van der Waals surface area contributed by atoms with Crippen LogP contribution in [-0.2, 0) is 26.5 Å². The summed E-state index contributed by atoms with van der Waals surface area (Å²) in [5.41, 5.74) is 9.10. The molecule has 0 saturated heterocycles. The Hall–Kier alpha value is -6.16. The largest absolute Gasteiger partial charge is 0.509 e. The van der Waals surface area contributed by atoms with Crippen molar-refractivity contribution in [2.75, 3.05) is 9.80 Å². The van der Waals surface area contributed by atoms with Gasteiger partial charge in [-0.05, 0) is 115 Å². The summed E-state index contributed by atoms with van der Waals surface area (Å²) in [6.45, 7) is 2.15. The van der Waals surface area contributed by atoms with Crippen molar-refractivity contribution >= 4 is 55.3 Å². The van der Waals surface area contributed by atoms with Gasteiger partial charge in [-0.1, -0.05) is 108 Å². The van der Waals surface area contributed by atoms with Gasteiger partial charge in [0.2, 0.25) is 0 Å². The summed E-state index contributed by atoms with van der Waals surface area (Å²) in [4.78, 5) is 9.59. The maximum Gasteiger partial charge on any atom is 0.135 e. The van der Waals surface area contributed by atoms with Gasteiger partial charge in [-0.3, -0.25) is 0 Å². The van der Waals surface area contributed by atoms with E-state index in [1.807, 2.05) is 6.07 Å². The molecule has 0 N–H and O–H groups in total. The number of benzene rings is 7. The fraction of sp³-hybridized carbons (Fsp3) is 0.179. The van der Waals surface area contributed by atoms with Crippen LogP contribution in [0.2, 0.25) is 0 Å². The minimum atomic E-state index is -0.0174. The van der Waals surface area contributed by atoms with Crippen LogP contribution in [0.1, 0.15) is 43.2 Å². The molecule has 0 atom stereocenters. The maximum atomic E-state index is 6.94. The molecule has 0 amide bonds. The number of hydrogen-bond acceptors (Lipinski definition) is 4. The number of pyridine rings is 1. The fourth-order valence-corrected chi connectivity index (χ4v) is 12.3. The second-order valence-electron chi connectivity index (χ2n) is 17.7. The molecule has 3 heterocycles. The van der Waals surface area contributed by atoms with Crippen LogP contribution in [0, 0.1) is 42.5 Å². The molecule has 62 heavy (non-hydrogen) atoms. The zero-order chi connectivity index (χ0) is 40.1. The Bertz CT molecular complexity index is 3110. The van der Waals surface area contributed by atoms with Crippen LogP contribution in [0.4, 0.5) is 22.7 Å². The third-order valence-corrected chi connectivity index (χ3v) is 14.6. The first-order valence-electron chi connectivity index (χ1n) is 21.9. The van der Waals surface area contributed by atoms with Gasteiger partial charge in [0.15, 0.2) is 0 Å². The van der Waals surface area contributed by atoms with Crippen LogP contribution in [0.5, 0.6) is 11.5 Å². The second-order valence-corrected chi connectivity index (χ2v) is 17.7. The predicted octanol–water partition coefficient (Wildman–Crippen LogP) is 13.9. The molecule has 4 aliphatic carbocycles. The Labute approximate surface area is 376 Å². The Morgan fingerprint density at radius 3 is 2.02 bits per heavy atom. The van der Waals surface area contributed by atoms with E-state index in [9.17, 15) is 0 Å². The van der Waals surface area contributed by atoms with E-state index < -0.39 is 0 Å². The molecular formula is C56H43N4OPt-3. The first-order valence-corrected chi connectivity index (χ1v) is 21.9. The van der Waals surface area contributed by atoms with Gasteiger partial charge in [-0.2, -0.15) is 6.07 Å². The second kappa shape index (κ2) is 14.7. The topological polar surface area (TPSA) is 33.5 Å². The molecule has 306 valence electrons. The van der Waals surface area contributed by atoms with Crippen molar-refractivity contribution in [3.63, 3.8) is 0 Å². The number of para-hydroxylation sites is 4. The minimum absolute atomic E-state index is 0. The molecular weight excluding hydrogens is 940 g/mol. The first kappa shape index (κ1) is 37.6. The number of hydrogen-bond donors (Lipinski definition) is 0. The smallest absolute Gasteiger partial charge is 0.135 e. The number of ether oxygens (including phenoxy) is 1. The number of aromatic nitrogens is 2. The average Bonchev–Trinajstić information content (AvgIpc) is 3.86. The van der Waals surface area contributed by atoms with Crippen molar-refractivity contribution in [3.05, 3.63) is 200 Å². The Balaban J connectivity index is 0.00000410. The zero-order valence-electron chi connectivity index (χ0n) is 34.1. The molecule has 6 heteroatoms. The molecule has 0 spiro atoms. The molecule has 5 aliphatic rings. The average molecular weight is 983 g/mol. The standard InChI is InChI=1S/C56H43N4O.Pt/c1-3-14-40(15-4-1)56(42-28-37-27-38(30-42)31-43(56)29-37)41-25-26-57-55(33-41)60-50-20-10-9-19-48(50)49-24-23-46(35-53(49)60)61-54-34-45(32-39-13-7-8-18-47(39)54)59-36-58(44-16-5-2-6-17-44)51-21-11-12-22-52(51)59;/h1-26,32-33,36-38,42-43H,27-31H2;/q-3;. The van der Waals surface area contributed by atoms with Gasteiger partial charge in [0.25, 0.3) is 0 Å². The van der Waals surface area contributed by atoms with E-state index in [0.29, 0.717) is 23.3 Å². The maximum absolute atomic E-state index is 6.94. The minimum Gasteiger partial charge on any atom is -0.509 e. The van der Waals surface area contributed by atoms with Gasteiger partial charge in [0, 0.05) is 66.8 Å². The van der Waals surface area contributed by atoms with Crippen LogP contribution < -0.4 is 14.5 Å². The molecule has 7 aromatic carbocycles. The Morgan fingerprint density at radius 2 is 1.24 bits per heavy atom. The summed E-state index contributed by atoms with van der Waals surface area (Å²) in [6.07, 6.45) is 8.78. The van der Waals surface area contributed by atoms with Crippen molar-refractivity contribution in [2.45, 2.75) is 37.5 Å². The summed E-state index contributed by atoms with van der Waals surface area (Å²) < 4.78 is 9.25.